The van der Waals surface area contributed by atoms with Gasteiger partial charge >= 0.3 is 0 Å². The van der Waals surface area contributed by atoms with E-state index in [1.807, 2.05) is 19.2 Å². The molecule has 1 N–H and O–H groups in total. The van der Waals surface area contributed by atoms with Gasteiger partial charge in [0.25, 0.3) is 0 Å². The zero-order valence-corrected chi connectivity index (χ0v) is 10.3. The summed E-state index contributed by atoms with van der Waals surface area (Å²) in [7, 11) is 5.09. The molecule has 0 amide bonds. The summed E-state index contributed by atoms with van der Waals surface area (Å²) in [5, 5.41) is 9.74. The highest BCUT2D eigenvalue weighted by Crippen LogP contribution is 2.37. The number of phenols is 1. The van der Waals surface area contributed by atoms with Crippen LogP contribution >= 0.6 is 0 Å². The van der Waals surface area contributed by atoms with Gasteiger partial charge in [-0.3, -0.25) is 0 Å². The van der Waals surface area contributed by atoms with Crippen molar-refractivity contribution in [1.82, 2.24) is 4.90 Å². The van der Waals surface area contributed by atoms with Gasteiger partial charge in [-0.1, -0.05) is 6.92 Å². The Hall–Kier alpha value is -1.42. The number of hydrogen-bond acceptors (Lipinski definition) is 4. The maximum absolute atomic E-state index is 9.74. The van der Waals surface area contributed by atoms with Crippen LogP contribution in [-0.2, 0) is 6.54 Å². The molecule has 0 aliphatic rings. The summed E-state index contributed by atoms with van der Waals surface area (Å²) in [5.41, 5.74) is 1.05. The third kappa shape index (κ3) is 2.79. The summed E-state index contributed by atoms with van der Waals surface area (Å²) in [6.07, 6.45) is 0. The fourth-order valence-corrected chi connectivity index (χ4v) is 1.46. The zero-order chi connectivity index (χ0) is 12.1. The highest BCUT2D eigenvalue weighted by molar-refractivity contribution is 5.52. The molecule has 0 saturated heterocycles. The van der Waals surface area contributed by atoms with Crippen LogP contribution in [0.3, 0.4) is 0 Å². The van der Waals surface area contributed by atoms with E-state index in [1.54, 1.807) is 0 Å². The zero-order valence-electron chi connectivity index (χ0n) is 10.3. The molecule has 90 valence electrons. The molecule has 0 aliphatic heterocycles. The van der Waals surface area contributed by atoms with E-state index in [0.29, 0.717) is 11.5 Å². The van der Waals surface area contributed by atoms with Gasteiger partial charge in [0.2, 0.25) is 5.75 Å². The van der Waals surface area contributed by atoms with E-state index in [0.717, 1.165) is 18.7 Å². The van der Waals surface area contributed by atoms with Gasteiger partial charge in [-0.05, 0) is 31.3 Å². The largest absolute Gasteiger partial charge is 0.502 e. The molecule has 0 fully saturated rings. The number of ether oxygens (including phenoxy) is 2. The fraction of sp³-hybridized carbons (Fsp3) is 0.500. The number of phenolic OH excluding ortho intramolecular Hbond substituents is 1. The minimum absolute atomic E-state index is 0.0490. The first kappa shape index (κ1) is 12.6. The lowest BCUT2D eigenvalue weighted by Crippen LogP contribution is -2.16. The number of aromatic hydroxyl groups is 1. The lowest BCUT2D eigenvalue weighted by molar-refractivity contribution is 0.328. The van der Waals surface area contributed by atoms with Gasteiger partial charge < -0.3 is 19.5 Å². The van der Waals surface area contributed by atoms with Crippen molar-refractivity contribution in [1.29, 1.82) is 0 Å². The molecule has 16 heavy (non-hydrogen) atoms. The Kier molecular flexibility index (Phi) is 4.43. The molecule has 0 spiro atoms. The van der Waals surface area contributed by atoms with Crippen LogP contribution in [0.1, 0.15) is 12.5 Å². The number of nitrogens with zero attached hydrogens (tertiary/aromatic N) is 1. The Morgan fingerprint density at radius 3 is 2.06 bits per heavy atom. The Balaban J connectivity index is 3.02. The van der Waals surface area contributed by atoms with E-state index in [4.69, 9.17) is 9.47 Å². The van der Waals surface area contributed by atoms with E-state index in [2.05, 4.69) is 11.8 Å². The molecular weight excluding hydrogens is 206 g/mol. The number of benzene rings is 1. The first-order chi connectivity index (χ1) is 7.62. The van der Waals surface area contributed by atoms with Gasteiger partial charge in [0.05, 0.1) is 14.2 Å². The second-order valence-electron chi connectivity index (χ2n) is 3.68. The molecule has 1 rings (SSSR count). The first-order valence-electron chi connectivity index (χ1n) is 5.24. The third-order valence-electron chi connectivity index (χ3n) is 2.53. The minimum Gasteiger partial charge on any atom is -0.502 e. The summed E-state index contributed by atoms with van der Waals surface area (Å²) in [6, 6.07) is 3.65. The predicted molar refractivity (Wildman–Crippen MR) is 63.2 cm³/mol. The van der Waals surface area contributed by atoms with Crippen molar-refractivity contribution in [3.63, 3.8) is 0 Å². The van der Waals surface area contributed by atoms with Crippen molar-refractivity contribution in [2.24, 2.45) is 0 Å². The van der Waals surface area contributed by atoms with E-state index in [9.17, 15) is 5.11 Å². The molecule has 0 aromatic heterocycles. The summed E-state index contributed by atoms with van der Waals surface area (Å²) < 4.78 is 10.2. The molecule has 4 heteroatoms. The van der Waals surface area contributed by atoms with Gasteiger partial charge in [-0.15, -0.1) is 0 Å². The van der Waals surface area contributed by atoms with Crippen molar-refractivity contribution in [2.45, 2.75) is 13.5 Å². The van der Waals surface area contributed by atoms with Gasteiger partial charge in [-0.25, -0.2) is 0 Å². The third-order valence-corrected chi connectivity index (χ3v) is 2.53. The van der Waals surface area contributed by atoms with E-state index in [-0.39, 0.29) is 5.75 Å². The van der Waals surface area contributed by atoms with Gasteiger partial charge in [-0.2, -0.15) is 0 Å². The van der Waals surface area contributed by atoms with Gasteiger partial charge in [0.15, 0.2) is 11.5 Å². The summed E-state index contributed by atoms with van der Waals surface area (Å²) in [4.78, 5) is 2.16. The second kappa shape index (κ2) is 5.61. The Bertz CT molecular complexity index is 327. The van der Waals surface area contributed by atoms with Crippen LogP contribution in [0.2, 0.25) is 0 Å². The maximum atomic E-state index is 9.74. The van der Waals surface area contributed by atoms with Crippen LogP contribution in [-0.4, -0.2) is 37.8 Å². The van der Waals surface area contributed by atoms with Crippen molar-refractivity contribution in [3.05, 3.63) is 17.7 Å². The number of rotatable bonds is 5. The monoisotopic (exact) mass is 225 g/mol. The Labute approximate surface area is 96.4 Å². The van der Waals surface area contributed by atoms with Gasteiger partial charge in [0, 0.05) is 6.54 Å². The average Bonchev–Trinajstić information content (AvgIpc) is 2.30. The number of hydrogen-bond donors (Lipinski definition) is 1. The van der Waals surface area contributed by atoms with Crippen molar-refractivity contribution in [3.8, 4) is 17.2 Å². The maximum Gasteiger partial charge on any atom is 0.200 e. The Morgan fingerprint density at radius 1 is 1.19 bits per heavy atom. The highest BCUT2D eigenvalue weighted by atomic mass is 16.5. The topological polar surface area (TPSA) is 41.9 Å². The minimum atomic E-state index is 0.0490. The van der Waals surface area contributed by atoms with Crippen LogP contribution in [0.15, 0.2) is 12.1 Å². The molecule has 0 unspecified atom stereocenters. The highest BCUT2D eigenvalue weighted by Gasteiger charge is 2.11. The Morgan fingerprint density at radius 2 is 1.69 bits per heavy atom. The number of methoxy groups -OCH3 is 2. The summed E-state index contributed by atoms with van der Waals surface area (Å²) >= 11 is 0. The normalized spacial score (nSPS) is 10.6. The van der Waals surface area contributed by atoms with Crippen molar-refractivity contribution in [2.75, 3.05) is 27.8 Å². The molecule has 1 aromatic carbocycles. The fourth-order valence-electron chi connectivity index (χ4n) is 1.46. The molecule has 0 atom stereocenters. The quantitative estimate of drug-likeness (QED) is 0.830. The van der Waals surface area contributed by atoms with Crippen LogP contribution in [0.25, 0.3) is 0 Å². The molecular formula is C12H19NO3. The molecule has 0 aliphatic carbocycles. The van der Waals surface area contributed by atoms with Crippen LogP contribution in [0.4, 0.5) is 0 Å². The molecule has 0 saturated carbocycles. The first-order valence-corrected chi connectivity index (χ1v) is 5.24. The summed E-state index contributed by atoms with van der Waals surface area (Å²) in [6.45, 7) is 3.85. The molecule has 0 radical (unpaired) electrons. The SMILES string of the molecule is CCN(C)Cc1cc(OC)c(O)c(OC)c1. The van der Waals surface area contributed by atoms with E-state index in [1.165, 1.54) is 14.2 Å². The standard InChI is InChI=1S/C12H19NO3/c1-5-13(2)8-9-6-10(15-3)12(14)11(7-9)16-4/h6-7,14H,5,8H2,1-4H3. The van der Waals surface area contributed by atoms with Gasteiger partial charge in [0.1, 0.15) is 0 Å². The molecule has 4 nitrogen and oxygen atoms in total. The summed E-state index contributed by atoms with van der Waals surface area (Å²) in [5.74, 6) is 0.936. The van der Waals surface area contributed by atoms with Crippen LogP contribution in [0.5, 0.6) is 17.2 Å². The van der Waals surface area contributed by atoms with Crippen LogP contribution in [0, 0.1) is 0 Å². The van der Waals surface area contributed by atoms with E-state index >= 15 is 0 Å². The molecule has 0 heterocycles. The predicted octanol–water partition coefficient (Wildman–Crippen LogP) is 1.86. The van der Waals surface area contributed by atoms with E-state index < -0.39 is 0 Å². The van der Waals surface area contributed by atoms with Crippen molar-refractivity contribution >= 4 is 0 Å². The van der Waals surface area contributed by atoms with Crippen molar-refractivity contribution < 1.29 is 14.6 Å². The van der Waals surface area contributed by atoms with Crippen LogP contribution < -0.4 is 9.47 Å². The average molecular weight is 225 g/mol. The second-order valence-corrected chi connectivity index (χ2v) is 3.68. The molecule has 1 aromatic rings. The smallest absolute Gasteiger partial charge is 0.200 e. The lowest BCUT2D eigenvalue weighted by Gasteiger charge is -2.16. The molecule has 0 bridgehead atoms. The lowest BCUT2D eigenvalue weighted by atomic mass is 10.1.